The molecule has 0 aliphatic heterocycles. The molecule has 2 unspecified atom stereocenters. The Morgan fingerprint density at radius 1 is 1.28 bits per heavy atom. The van der Waals surface area contributed by atoms with Crippen LogP contribution in [-0.4, -0.2) is 28.8 Å². The number of urea groups is 1. The number of ether oxygens (including phenoxy) is 1. The van der Waals surface area contributed by atoms with E-state index in [4.69, 9.17) is 9.84 Å². The van der Waals surface area contributed by atoms with Gasteiger partial charge in [-0.1, -0.05) is 26.0 Å². The van der Waals surface area contributed by atoms with E-state index < -0.39 is 0 Å². The first-order valence-corrected chi connectivity index (χ1v) is 8.43. The fraction of sp³-hybridized carbons (Fsp3) is 0.368. The topological polar surface area (TPSA) is 83.5 Å². The second-order valence-electron chi connectivity index (χ2n) is 6.04. The van der Waals surface area contributed by atoms with Crippen LogP contribution in [0.4, 0.5) is 10.5 Å². The number of aryl methyl sites for hydroxylation is 1. The van der Waals surface area contributed by atoms with Crippen LogP contribution < -0.4 is 15.4 Å². The highest BCUT2D eigenvalue weighted by atomic mass is 16.5. The Bertz CT molecular complexity index is 689. The van der Waals surface area contributed by atoms with E-state index in [0.29, 0.717) is 11.6 Å². The molecule has 134 valence electrons. The number of nitrogens with zero attached hydrogens (tertiary/aromatic N) is 1. The van der Waals surface area contributed by atoms with Crippen molar-refractivity contribution >= 4 is 11.7 Å². The Balaban J connectivity index is 1.92. The molecule has 1 aromatic heterocycles. The number of aromatic nitrogens is 1. The molecule has 0 saturated carbocycles. The third-order valence-electron chi connectivity index (χ3n) is 4.02. The van der Waals surface area contributed by atoms with E-state index >= 15 is 0 Å². The van der Waals surface area contributed by atoms with Gasteiger partial charge >= 0.3 is 6.03 Å². The Morgan fingerprint density at radius 3 is 2.72 bits per heavy atom. The zero-order valence-corrected chi connectivity index (χ0v) is 14.8. The zero-order valence-electron chi connectivity index (χ0n) is 14.8. The van der Waals surface area contributed by atoms with Crippen molar-refractivity contribution in [3.05, 3.63) is 48.2 Å². The number of rotatable bonds is 7. The Kier molecular flexibility index (Phi) is 6.77. The molecule has 0 fully saturated rings. The molecule has 1 aromatic carbocycles. The van der Waals surface area contributed by atoms with Crippen LogP contribution in [0.25, 0.3) is 0 Å². The quantitative estimate of drug-likeness (QED) is 0.717. The lowest BCUT2D eigenvalue weighted by molar-refractivity contribution is 0.204. The van der Waals surface area contributed by atoms with Crippen molar-refractivity contribution in [3.8, 4) is 11.6 Å². The van der Waals surface area contributed by atoms with Crippen molar-refractivity contribution in [2.45, 2.75) is 33.2 Å². The summed E-state index contributed by atoms with van der Waals surface area (Å²) in [6, 6.07) is 10.8. The van der Waals surface area contributed by atoms with Gasteiger partial charge in [-0.15, -0.1) is 0 Å². The monoisotopic (exact) mass is 343 g/mol. The molecule has 6 heteroatoms. The van der Waals surface area contributed by atoms with Crippen LogP contribution in [0.3, 0.4) is 0 Å². The van der Waals surface area contributed by atoms with E-state index in [1.54, 1.807) is 18.3 Å². The maximum Gasteiger partial charge on any atom is 0.319 e. The van der Waals surface area contributed by atoms with Gasteiger partial charge in [0.05, 0.1) is 11.9 Å². The van der Waals surface area contributed by atoms with Gasteiger partial charge in [0.15, 0.2) is 0 Å². The summed E-state index contributed by atoms with van der Waals surface area (Å²) in [5, 5.41) is 14.6. The second-order valence-corrected chi connectivity index (χ2v) is 6.04. The lowest BCUT2D eigenvalue weighted by Crippen LogP contribution is -2.40. The van der Waals surface area contributed by atoms with Crippen molar-refractivity contribution in [3.63, 3.8) is 0 Å². The second kappa shape index (κ2) is 9.03. The number of amides is 2. The highest BCUT2D eigenvalue weighted by Crippen LogP contribution is 2.21. The predicted molar refractivity (Wildman–Crippen MR) is 98.0 cm³/mol. The lowest BCUT2D eigenvalue weighted by atomic mass is 10.1. The Labute approximate surface area is 148 Å². The largest absolute Gasteiger partial charge is 0.439 e. The van der Waals surface area contributed by atoms with Gasteiger partial charge < -0.3 is 20.5 Å². The minimum atomic E-state index is -0.334. The molecule has 25 heavy (non-hydrogen) atoms. The summed E-state index contributed by atoms with van der Waals surface area (Å²) in [5.41, 5.74) is 1.76. The SMILES string of the molecule is CCc1cccc(Oc2ccc(NC(=O)NC(C)C(C)CO)cn2)c1. The van der Waals surface area contributed by atoms with Gasteiger partial charge in [0.1, 0.15) is 5.75 Å². The molecule has 3 N–H and O–H groups in total. The van der Waals surface area contributed by atoms with Crippen molar-refractivity contribution in [2.24, 2.45) is 5.92 Å². The maximum absolute atomic E-state index is 11.9. The van der Waals surface area contributed by atoms with Gasteiger partial charge in [0.2, 0.25) is 5.88 Å². The fourth-order valence-electron chi connectivity index (χ4n) is 2.14. The van der Waals surface area contributed by atoms with E-state index in [0.717, 1.165) is 12.2 Å². The summed E-state index contributed by atoms with van der Waals surface area (Å²) in [6.07, 6.45) is 2.48. The highest BCUT2D eigenvalue weighted by molar-refractivity contribution is 5.89. The summed E-state index contributed by atoms with van der Waals surface area (Å²) < 4.78 is 5.72. The first-order chi connectivity index (χ1) is 12.0. The number of anilines is 1. The van der Waals surface area contributed by atoms with Crippen LogP contribution in [-0.2, 0) is 6.42 Å². The van der Waals surface area contributed by atoms with E-state index in [9.17, 15) is 4.79 Å². The van der Waals surface area contributed by atoms with Crippen LogP contribution in [0.2, 0.25) is 0 Å². The van der Waals surface area contributed by atoms with E-state index in [2.05, 4.69) is 22.5 Å². The van der Waals surface area contributed by atoms with Crippen LogP contribution in [0.15, 0.2) is 42.6 Å². The average molecular weight is 343 g/mol. The van der Waals surface area contributed by atoms with E-state index in [1.165, 1.54) is 5.56 Å². The fourth-order valence-corrected chi connectivity index (χ4v) is 2.14. The van der Waals surface area contributed by atoms with Crippen LogP contribution >= 0.6 is 0 Å². The standard InChI is InChI=1S/C19H25N3O3/c1-4-15-6-5-7-17(10-15)25-18-9-8-16(11-20-18)22-19(24)21-14(3)13(2)12-23/h5-11,13-14,23H,4,12H2,1-3H3,(H2,21,22,24). The van der Waals surface area contributed by atoms with Gasteiger partial charge in [0, 0.05) is 18.7 Å². The number of nitrogens with one attached hydrogen (secondary N) is 2. The maximum atomic E-state index is 11.9. The zero-order chi connectivity index (χ0) is 18.2. The molecule has 0 spiro atoms. The molecule has 2 rings (SSSR count). The number of carbonyl (C=O) groups excluding carboxylic acids is 1. The molecule has 2 atom stereocenters. The number of aliphatic hydroxyl groups is 1. The normalized spacial score (nSPS) is 13.0. The number of aliphatic hydroxyl groups excluding tert-OH is 1. The van der Waals surface area contributed by atoms with Crippen LogP contribution in [0, 0.1) is 5.92 Å². The van der Waals surface area contributed by atoms with Gasteiger partial charge in [-0.25, -0.2) is 9.78 Å². The summed E-state index contributed by atoms with van der Waals surface area (Å²) in [7, 11) is 0. The van der Waals surface area contributed by atoms with E-state index in [-0.39, 0.29) is 24.6 Å². The molecule has 2 aromatic rings. The van der Waals surface area contributed by atoms with E-state index in [1.807, 2.05) is 38.1 Å². The van der Waals surface area contributed by atoms with Gasteiger partial charge in [0.25, 0.3) is 0 Å². The molecule has 0 saturated heterocycles. The van der Waals surface area contributed by atoms with Gasteiger partial charge in [-0.3, -0.25) is 0 Å². The Hall–Kier alpha value is -2.60. The van der Waals surface area contributed by atoms with Crippen LogP contribution in [0.5, 0.6) is 11.6 Å². The first kappa shape index (κ1) is 18.7. The van der Waals surface area contributed by atoms with Crippen molar-refractivity contribution in [1.29, 1.82) is 0 Å². The molecular formula is C19H25N3O3. The average Bonchev–Trinajstić information content (AvgIpc) is 2.62. The molecule has 6 nitrogen and oxygen atoms in total. The van der Waals surface area contributed by atoms with Crippen molar-refractivity contribution in [1.82, 2.24) is 10.3 Å². The lowest BCUT2D eigenvalue weighted by Gasteiger charge is -2.19. The molecule has 0 radical (unpaired) electrons. The summed E-state index contributed by atoms with van der Waals surface area (Å²) in [6.45, 7) is 5.82. The molecule has 0 aliphatic rings. The molecule has 1 heterocycles. The molecule has 2 amide bonds. The van der Waals surface area contributed by atoms with Gasteiger partial charge in [-0.05, 0) is 43.0 Å². The predicted octanol–water partition coefficient (Wildman–Crippen LogP) is 3.57. The van der Waals surface area contributed by atoms with Crippen molar-refractivity contribution in [2.75, 3.05) is 11.9 Å². The number of hydrogen-bond donors (Lipinski definition) is 3. The molecule has 0 aliphatic carbocycles. The minimum absolute atomic E-state index is 0.0152. The number of benzene rings is 1. The molecular weight excluding hydrogens is 318 g/mol. The number of pyridine rings is 1. The molecule has 0 bridgehead atoms. The third kappa shape index (κ3) is 5.76. The third-order valence-corrected chi connectivity index (χ3v) is 4.02. The van der Waals surface area contributed by atoms with Crippen LogP contribution in [0.1, 0.15) is 26.3 Å². The summed E-state index contributed by atoms with van der Waals surface area (Å²) >= 11 is 0. The number of hydrogen-bond acceptors (Lipinski definition) is 4. The number of carbonyl (C=O) groups is 1. The van der Waals surface area contributed by atoms with Crippen molar-refractivity contribution < 1.29 is 14.6 Å². The van der Waals surface area contributed by atoms with Gasteiger partial charge in [-0.2, -0.15) is 0 Å². The minimum Gasteiger partial charge on any atom is -0.439 e. The highest BCUT2D eigenvalue weighted by Gasteiger charge is 2.13. The smallest absolute Gasteiger partial charge is 0.319 e. The first-order valence-electron chi connectivity index (χ1n) is 8.43. The summed E-state index contributed by atoms with van der Waals surface area (Å²) in [4.78, 5) is 16.1. The Morgan fingerprint density at radius 2 is 2.08 bits per heavy atom. The summed E-state index contributed by atoms with van der Waals surface area (Å²) in [5.74, 6) is 1.18.